The Hall–Kier alpha value is -5.07. The Kier molecular flexibility index (Phi) is 9.29. The molecule has 0 aliphatic carbocycles. The lowest BCUT2D eigenvalue weighted by Gasteiger charge is -2.37. The van der Waals surface area contributed by atoms with Crippen LogP contribution in [0.25, 0.3) is 10.9 Å². The SMILES string of the molecule is C[C@@H]1[C@@H]([Si](C)(C)O)[C@H](CC(=O)N2Cc3ccccc3C[C@H]2CO)O[C@@]12C(=O)N(Cc1cccc(NC(=O)Cc3c[nH]c4ccccc34)c1)c1ccccc12. The van der Waals surface area contributed by atoms with Crippen LogP contribution in [-0.4, -0.2) is 64.6 Å². The topological polar surface area (TPSA) is 135 Å². The molecule has 0 saturated carbocycles. The van der Waals surface area contributed by atoms with Crippen molar-refractivity contribution in [2.45, 2.75) is 75.7 Å². The third kappa shape index (κ3) is 6.24. The summed E-state index contributed by atoms with van der Waals surface area (Å²) < 4.78 is 6.94. The van der Waals surface area contributed by atoms with Gasteiger partial charge in [-0.1, -0.05) is 79.7 Å². The molecule has 278 valence electrons. The first kappa shape index (κ1) is 35.9. The van der Waals surface area contributed by atoms with E-state index in [-0.39, 0.29) is 49.8 Å². The molecule has 54 heavy (non-hydrogen) atoms. The van der Waals surface area contributed by atoms with Gasteiger partial charge in [-0.3, -0.25) is 14.4 Å². The maximum atomic E-state index is 14.9. The molecule has 11 heteroatoms. The molecule has 1 fully saturated rings. The zero-order valence-corrected chi connectivity index (χ0v) is 31.8. The lowest BCUT2D eigenvalue weighted by atomic mass is 9.82. The van der Waals surface area contributed by atoms with Crippen molar-refractivity contribution in [3.05, 3.63) is 131 Å². The third-order valence-electron chi connectivity index (χ3n) is 11.7. The molecule has 3 aliphatic heterocycles. The Bertz CT molecular complexity index is 2250. The summed E-state index contributed by atoms with van der Waals surface area (Å²) in [7, 11) is -3.01. The molecule has 1 saturated heterocycles. The minimum Gasteiger partial charge on any atom is -0.432 e. The number of benzene rings is 4. The number of aromatic amines is 1. The molecule has 0 unspecified atom stereocenters. The fraction of sp³-hybridized carbons (Fsp3) is 0.326. The number of hydrogen-bond donors (Lipinski definition) is 4. The average molecular weight is 743 g/mol. The van der Waals surface area contributed by atoms with Gasteiger partial charge >= 0.3 is 0 Å². The highest BCUT2D eigenvalue weighted by Crippen LogP contribution is 2.59. The summed E-state index contributed by atoms with van der Waals surface area (Å²) in [5, 5.41) is 14.3. The number of fused-ring (bicyclic) bond motifs is 4. The number of carbonyl (C=O) groups is 3. The molecule has 8 rings (SSSR count). The second-order valence-electron chi connectivity index (χ2n) is 15.6. The predicted molar refractivity (Wildman–Crippen MR) is 210 cm³/mol. The molecule has 3 aliphatic rings. The predicted octanol–water partition coefficient (Wildman–Crippen LogP) is 6.03. The van der Waals surface area contributed by atoms with Crippen molar-refractivity contribution in [2.75, 3.05) is 16.8 Å². The van der Waals surface area contributed by atoms with Crippen LogP contribution in [0.1, 0.15) is 41.2 Å². The summed E-state index contributed by atoms with van der Waals surface area (Å²) in [6, 6.07) is 30.6. The van der Waals surface area contributed by atoms with Crippen LogP contribution in [0.3, 0.4) is 0 Å². The number of amides is 3. The zero-order chi connectivity index (χ0) is 37.8. The van der Waals surface area contributed by atoms with E-state index in [1.165, 1.54) is 0 Å². The number of carbonyl (C=O) groups excluding carboxylic acids is 3. The van der Waals surface area contributed by atoms with Crippen molar-refractivity contribution in [1.29, 1.82) is 0 Å². The fourth-order valence-electron chi connectivity index (χ4n) is 9.31. The fourth-order valence-corrected chi connectivity index (χ4v) is 11.9. The summed E-state index contributed by atoms with van der Waals surface area (Å²) in [6.07, 6.45) is 1.92. The molecule has 0 bridgehead atoms. The smallest absolute Gasteiger partial charge is 0.264 e. The van der Waals surface area contributed by atoms with Gasteiger partial charge in [0.1, 0.15) is 0 Å². The molecular formula is C43H46N4O6Si. The van der Waals surface area contributed by atoms with E-state index in [9.17, 15) is 24.3 Å². The van der Waals surface area contributed by atoms with Crippen molar-refractivity contribution >= 4 is 48.3 Å². The Balaban J connectivity index is 1.04. The molecule has 10 nitrogen and oxygen atoms in total. The summed E-state index contributed by atoms with van der Waals surface area (Å²) in [5.41, 5.74) is 5.16. The number of hydrogen-bond acceptors (Lipinski definition) is 6. The number of nitrogens with zero attached hydrogens (tertiary/aromatic N) is 2. The van der Waals surface area contributed by atoms with Crippen molar-refractivity contribution < 1.29 is 29.0 Å². The highest BCUT2D eigenvalue weighted by molar-refractivity contribution is 6.71. The summed E-state index contributed by atoms with van der Waals surface area (Å²) in [4.78, 5) is 60.7. The maximum Gasteiger partial charge on any atom is 0.264 e. The maximum absolute atomic E-state index is 14.9. The van der Waals surface area contributed by atoms with E-state index < -0.39 is 31.5 Å². The number of para-hydroxylation sites is 2. The summed E-state index contributed by atoms with van der Waals surface area (Å²) >= 11 is 0. The highest BCUT2D eigenvalue weighted by atomic mass is 28.4. The lowest BCUT2D eigenvalue weighted by Crippen LogP contribution is -2.48. The minimum absolute atomic E-state index is 0.0118. The van der Waals surface area contributed by atoms with Crippen molar-refractivity contribution in [1.82, 2.24) is 9.88 Å². The quantitative estimate of drug-likeness (QED) is 0.136. The number of H-pyrrole nitrogens is 1. The van der Waals surface area contributed by atoms with E-state index >= 15 is 0 Å². The number of aliphatic hydroxyl groups excluding tert-OH is 1. The van der Waals surface area contributed by atoms with Crippen LogP contribution >= 0.6 is 0 Å². The van der Waals surface area contributed by atoms with E-state index in [2.05, 4.69) is 10.3 Å². The third-order valence-corrected chi connectivity index (χ3v) is 14.2. The first-order valence-electron chi connectivity index (χ1n) is 18.7. The highest BCUT2D eigenvalue weighted by Gasteiger charge is 2.66. The van der Waals surface area contributed by atoms with E-state index in [1.54, 1.807) is 9.80 Å². The molecule has 1 spiro atoms. The van der Waals surface area contributed by atoms with E-state index in [1.807, 2.05) is 123 Å². The van der Waals surface area contributed by atoms with Gasteiger partial charge in [0, 0.05) is 46.4 Å². The van der Waals surface area contributed by atoms with Gasteiger partial charge in [0.05, 0.1) is 43.8 Å². The summed E-state index contributed by atoms with van der Waals surface area (Å²) in [6.45, 7) is 6.13. The monoisotopic (exact) mass is 742 g/mol. The standard InChI is InChI=1S/C43H46N4O6Si/c1-27-41(54(2,3)52)38(22-40(50)46-25-30-13-5-4-12-29(30)20-33(46)26-48)53-43(27)35-16-7-9-18-37(35)47(42(43)51)24-28-11-10-14-32(19-28)45-39(49)21-31-23-44-36-17-8-6-15-34(31)36/h4-19,23,27,33,38,41,44,48,52H,20-22,24-26H2,1-3H3,(H,45,49)/t27-,33+,38+,41-,43+/m1/s1. The van der Waals surface area contributed by atoms with Crippen LogP contribution in [0.4, 0.5) is 11.4 Å². The van der Waals surface area contributed by atoms with E-state index in [0.29, 0.717) is 18.7 Å². The number of rotatable bonds is 9. The molecule has 5 aromatic rings. The summed E-state index contributed by atoms with van der Waals surface area (Å²) in [5.74, 6) is -0.969. The van der Waals surface area contributed by atoms with Gasteiger partial charge in [-0.2, -0.15) is 0 Å². The van der Waals surface area contributed by atoms with Crippen LogP contribution in [0, 0.1) is 5.92 Å². The van der Waals surface area contributed by atoms with Crippen molar-refractivity contribution in [2.24, 2.45) is 5.92 Å². The largest absolute Gasteiger partial charge is 0.432 e. The molecular weight excluding hydrogens is 697 g/mol. The van der Waals surface area contributed by atoms with Gasteiger partial charge in [0.25, 0.3) is 5.91 Å². The van der Waals surface area contributed by atoms with E-state index in [0.717, 1.165) is 44.4 Å². The van der Waals surface area contributed by atoms with Crippen LogP contribution in [-0.2, 0) is 50.7 Å². The van der Waals surface area contributed by atoms with Crippen LogP contribution in [0.2, 0.25) is 18.6 Å². The van der Waals surface area contributed by atoms with Gasteiger partial charge in [0.15, 0.2) is 13.9 Å². The number of nitrogens with one attached hydrogen (secondary N) is 2. The van der Waals surface area contributed by atoms with E-state index in [4.69, 9.17) is 4.74 Å². The molecule has 1 aromatic heterocycles. The number of aromatic nitrogens is 1. The molecule has 0 radical (unpaired) electrons. The zero-order valence-electron chi connectivity index (χ0n) is 30.8. The average Bonchev–Trinajstić information content (AvgIpc) is 3.77. The molecule has 4 aromatic carbocycles. The molecule has 5 atom stereocenters. The minimum atomic E-state index is -3.01. The van der Waals surface area contributed by atoms with Crippen LogP contribution in [0.5, 0.6) is 0 Å². The van der Waals surface area contributed by atoms with Crippen molar-refractivity contribution in [3.63, 3.8) is 0 Å². The normalized spacial score (nSPS) is 23.5. The first-order valence-corrected chi connectivity index (χ1v) is 21.7. The van der Waals surface area contributed by atoms with Gasteiger partial charge in [-0.05, 0) is 66.0 Å². The Morgan fingerprint density at radius 3 is 2.52 bits per heavy atom. The first-order chi connectivity index (χ1) is 26.0. The van der Waals surface area contributed by atoms with Crippen LogP contribution in [0.15, 0.2) is 103 Å². The number of aliphatic hydroxyl groups is 1. The van der Waals surface area contributed by atoms with Gasteiger partial charge in [-0.25, -0.2) is 0 Å². The Morgan fingerprint density at radius 2 is 1.72 bits per heavy atom. The van der Waals surface area contributed by atoms with Crippen LogP contribution < -0.4 is 10.2 Å². The Labute approximate surface area is 315 Å². The lowest BCUT2D eigenvalue weighted by molar-refractivity contribution is -0.151. The second kappa shape index (κ2) is 14.0. The molecule has 3 amide bonds. The van der Waals surface area contributed by atoms with Gasteiger partial charge in [-0.15, -0.1) is 0 Å². The van der Waals surface area contributed by atoms with Crippen molar-refractivity contribution in [3.8, 4) is 0 Å². The van der Waals surface area contributed by atoms with Gasteiger partial charge in [0.2, 0.25) is 11.8 Å². The number of ether oxygens (including phenoxy) is 1. The molecule has 4 heterocycles. The second-order valence-corrected chi connectivity index (χ2v) is 19.6. The molecule has 4 N–H and O–H groups in total. The Morgan fingerprint density at radius 1 is 0.981 bits per heavy atom. The number of anilines is 2. The van der Waals surface area contributed by atoms with Gasteiger partial charge < -0.3 is 34.7 Å².